The summed E-state index contributed by atoms with van der Waals surface area (Å²) in [6.07, 6.45) is 1.62. The Hall–Kier alpha value is -1.48. The van der Waals surface area contributed by atoms with Crippen LogP contribution in [-0.2, 0) is 19.6 Å². The van der Waals surface area contributed by atoms with E-state index in [-0.39, 0.29) is 18.0 Å². The first kappa shape index (κ1) is 20.3. The molecule has 5 nitrogen and oxygen atoms in total. The summed E-state index contributed by atoms with van der Waals surface area (Å²) in [4.78, 5) is 12.6. The number of halogens is 2. The van der Waals surface area contributed by atoms with Crippen LogP contribution in [0, 0.1) is 0 Å². The lowest BCUT2D eigenvalue weighted by molar-refractivity contribution is -0.138. The van der Waals surface area contributed by atoms with Crippen LogP contribution in [0.3, 0.4) is 0 Å². The van der Waals surface area contributed by atoms with E-state index < -0.39 is 22.0 Å². The Kier molecular flexibility index (Phi) is 6.20. The highest BCUT2D eigenvalue weighted by Gasteiger charge is 2.41. The fourth-order valence-electron chi connectivity index (χ4n) is 2.98. The number of esters is 1. The molecule has 2 aromatic rings. The monoisotopic (exact) mass is 513 g/mol. The van der Waals surface area contributed by atoms with Crippen LogP contribution in [0.25, 0.3) is 0 Å². The molecule has 2 aromatic carbocycles. The van der Waals surface area contributed by atoms with Gasteiger partial charge in [-0.15, -0.1) is 0 Å². The van der Waals surface area contributed by atoms with Gasteiger partial charge in [0.25, 0.3) is 0 Å². The van der Waals surface area contributed by atoms with E-state index in [2.05, 4.69) is 31.9 Å². The number of carbonyl (C=O) groups is 1. The fourth-order valence-corrected chi connectivity index (χ4v) is 5.74. The number of hydrogen-bond acceptors (Lipinski definition) is 4. The number of ether oxygens (including phenoxy) is 1. The van der Waals surface area contributed by atoms with Crippen LogP contribution in [0.5, 0.6) is 0 Å². The minimum absolute atomic E-state index is 0.0958. The highest BCUT2D eigenvalue weighted by molar-refractivity contribution is 9.10. The average Bonchev–Trinajstić information content (AvgIpc) is 3.09. The summed E-state index contributed by atoms with van der Waals surface area (Å²) >= 11 is 6.69. The Morgan fingerprint density at radius 2 is 1.81 bits per heavy atom. The Balaban J connectivity index is 2.08. The van der Waals surface area contributed by atoms with Gasteiger partial charge in [-0.05, 0) is 52.7 Å². The number of carbonyl (C=O) groups excluding carboxylic acids is 1. The smallest absolute Gasteiger partial charge is 0.335 e. The fraction of sp³-hybridized carbons (Fsp3) is 0.211. The number of sulfonamides is 1. The first-order valence-corrected chi connectivity index (χ1v) is 11.3. The van der Waals surface area contributed by atoms with Crippen molar-refractivity contribution in [3.8, 4) is 0 Å². The minimum Gasteiger partial charge on any atom is -0.463 e. The van der Waals surface area contributed by atoms with E-state index in [1.54, 1.807) is 49.4 Å². The standard InChI is InChI=1S/C19H17Br2NO4S/c1-2-26-19(23)15-11-12-22(18(15)13-7-9-14(20)10-8-13)27(24,25)17-6-4-3-5-16(17)21/h3-11,18H,2,12H2,1H3. The molecule has 0 radical (unpaired) electrons. The minimum atomic E-state index is -3.84. The van der Waals surface area contributed by atoms with Crippen LogP contribution >= 0.6 is 31.9 Å². The molecule has 0 aromatic heterocycles. The van der Waals surface area contributed by atoms with Crippen LogP contribution in [-0.4, -0.2) is 31.8 Å². The van der Waals surface area contributed by atoms with Gasteiger partial charge in [-0.1, -0.05) is 46.3 Å². The maximum Gasteiger partial charge on any atom is 0.335 e. The zero-order chi connectivity index (χ0) is 19.6. The predicted octanol–water partition coefficient (Wildman–Crippen LogP) is 4.45. The highest BCUT2D eigenvalue weighted by Crippen LogP contribution is 2.39. The summed E-state index contributed by atoms with van der Waals surface area (Å²) < 4.78 is 34.5. The quantitative estimate of drug-likeness (QED) is 0.553. The second-order valence-electron chi connectivity index (χ2n) is 5.84. The SMILES string of the molecule is CCOC(=O)C1=CCN(S(=O)(=O)c2ccccc2Br)C1c1ccc(Br)cc1. The van der Waals surface area contributed by atoms with Crippen LogP contribution < -0.4 is 0 Å². The van der Waals surface area contributed by atoms with Crippen molar-refractivity contribution in [3.05, 3.63) is 74.7 Å². The van der Waals surface area contributed by atoms with Gasteiger partial charge in [0.15, 0.2) is 0 Å². The van der Waals surface area contributed by atoms with Gasteiger partial charge in [-0.3, -0.25) is 0 Å². The van der Waals surface area contributed by atoms with Crippen LogP contribution in [0.1, 0.15) is 18.5 Å². The van der Waals surface area contributed by atoms with Gasteiger partial charge >= 0.3 is 5.97 Å². The number of benzene rings is 2. The molecule has 0 aliphatic carbocycles. The Labute approximate surface area is 175 Å². The van der Waals surface area contributed by atoms with Gasteiger partial charge in [-0.25, -0.2) is 13.2 Å². The van der Waals surface area contributed by atoms with Crippen molar-refractivity contribution in [2.75, 3.05) is 13.2 Å². The molecule has 0 saturated heterocycles. The first-order valence-electron chi connectivity index (χ1n) is 8.25. The Morgan fingerprint density at radius 1 is 1.15 bits per heavy atom. The molecule has 8 heteroatoms. The van der Waals surface area contributed by atoms with Gasteiger partial charge in [0.2, 0.25) is 10.0 Å². The van der Waals surface area contributed by atoms with Crippen molar-refractivity contribution in [2.45, 2.75) is 17.9 Å². The van der Waals surface area contributed by atoms with E-state index in [4.69, 9.17) is 4.74 Å². The molecule has 142 valence electrons. The van der Waals surface area contributed by atoms with Gasteiger partial charge in [0.05, 0.1) is 23.1 Å². The molecule has 1 atom stereocenters. The molecular formula is C19H17Br2NO4S. The lowest BCUT2D eigenvalue weighted by atomic mass is 10.0. The Morgan fingerprint density at radius 3 is 2.44 bits per heavy atom. The molecule has 3 rings (SSSR count). The summed E-state index contributed by atoms with van der Waals surface area (Å²) in [6.45, 7) is 2.04. The zero-order valence-corrected chi connectivity index (χ0v) is 18.4. The average molecular weight is 515 g/mol. The molecule has 1 heterocycles. The van der Waals surface area contributed by atoms with Crippen molar-refractivity contribution < 1.29 is 17.9 Å². The lowest BCUT2D eigenvalue weighted by Gasteiger charge is -2.27. The summed E-state index contributed by atoms with van der Waals surface area (Å²) in [5.41, 5.74) is 1.03. The number of nitrogens with zero attached hydrogens (tertiary/aromatic N) is 1. The summed E-state index contributed by atoms with van der Waals surface area (Å²) in [5.74, 6) is -0.504. The van der Waals surface area contributed by atoms with Gasteiger partial charge in [0.1, 0.15) is 0 Å². The largest absolute Gasteiger partial charge is 0.463 e. The van der Waals surface area contributed by atoms with E-state index in [9.17, 15) is 13.2 Å². The molecular weight excluding hydrogens is 498 g/mol. The highest BCUT2D eigenvalue weighted by atomic mass is 79.9. The van der Waals surface area contributed by atoms with Crippen LogP contribution in [0.4, 0.5) is 0 Å². The normalized spacial score (nSPS) is 17.6. The second-order valence-corrected chi connectivity index (χ2v) is 9.47. The van der Waals surface area contributed by atoms with E-state index in [0.717, 1.165) is 4.47 Å². The molecule has 0 bridgehead atoms. The maximum absolute atomic E-state index is 13.3. The van der Waals surface area contributed by atoms with Gasteiger partial charge < -0.3 is 4.74 Å². The summed E-state index contributed by atoms with van der Waals surface area (Å²) in [7, 11) is -3.84. The van der Waals surface area contributed by atoms with Gasteiger partial charge in [-0.2, -0.15) is 4.31 Å². The molecule has 1 aliphatic heterocycles. The second kappa shape index (κ2) is 8.26. The molecule has 1 aliphatic rings. The van der Waals surface area contributed by atoms with Crippen molar-refractivity contribution in [1.29, 1.82) is 0 Å². The molecule has 0 spiro atoms. The number of rotatable bonds is 5. The third kappa shape index (κ3) is 4.03. The zero-order valence-electron chi connectivity index (χ0n) is 14.4. The molecule has 0 saturated carbocycles. The van der Waals surface area contributed by atoms with Crippen molar-refractivity contribution >= 4 is 47.9 Å². The molecule has 0 amide bonds. The Bertz CT molecular complexity index is 987. The van der Waals surface area contributed by atoms with Gasteiger partial charge in [0, 0.05) is 15.5 Å². The topological polar surface area (TPSA) is 63.7 Å². The van der Waals surface area contributed by atoms with Crippen molar-refractivity contribution in [3.63, 3.8) is 0 Å². The van der Waals surface area contributed by atoms with E-state index in [1.165, 1.54) is 4.31 Å². The number of hydrogen-bond donors (Lipinski definition) is 0. The summed E-state index contributed by atoms with van der Waals surface area (Å²) in [6, 6.07) is 13.1. The van der Waals surface area contributed by atoms with Crippen molar-refractivity contribution in [1.82, 2.24) is 4.31 Å². The van der Waals surface area contributed by atoms with E-state index in [0.29, 0.717) is 15.6 Å². The van der Waals surface area contributed by atoms with Crippen LogP contribution in [0.2, 0.25) is 0 Å². The molecule has 0 N–H and O–H groups in total. The maximum atomic E-state index is 13.3. The van der Waals surface area contributed by atoms with E-state index in [1.807, 2.05) is 12.1 Å². The third-order valence-electron chi connectivity index (χ3n) is 4.19. The lowest BCUT2D eigenvalue weighted by Crippen LogP contribution is -2.33. The van der Waals surface area contributed by atoms with Crippen molar-refractivity contribution in [2.24, 2.45) is 0 Å². The molecule has 27 heavy (non-hydrogen) atoms. The first-order chi connectivity index (χ1) is 12.9. The summed E-state index contributed by atoms with van der Waals surface area (Å²) in [5, 5.41) is 0. The van der Waals surface area contributed by atoms with Crippen LogP contribution in [0.15, 0.2) is 74.0 Å². The molecule has 1 unspecified atom stereocenters. The van der Waals surface area contributed by atoms with E-state index >= 15 is 0 Å². The third-order valence-corrected chi connectivity index (χ3v) is 7.57. The molecule has 0 fully saturated rings. The predicted molar refractivity (Wildman–Crippen MR) is 110 cm³/mol.